The van der Waals surface area contributed by atoms with Crippen LogP contribution in [0.4, 0.5) is 8.78 Å². The van der Waals surface area contributed by atoms with Gasteiger partial charge in [0.15, 0.2) is 11.6 Å². The van der Waals surface area contributed by atoms with Crippen LogP contribution < -0.4 is 0 Å². The fourth-order valence-electron chi connectivity index (χ4n) is 2.59. The van der Waals surface area contributed by atoms with Crippen molar-refractivity contribution < 1.29 is 28.3 Å². The summed E-state index contributed by atoms with van der Waals surface area (Å²) < 4.78 is 26.0. The Morgan fingerprint density at radius 3 is 2.46 bits per heavy atom. The molecule has 1 aliphatic heterocycles. The highest BCUT2D eigenvalue weighted by atomic mass is 32.2. The van der Waals surface area contributed by atoms with E-state index < -0.39 is 23.5 Å². The lowest BCUT2D eigenvalue weighted by molar-refractivity contribution is -0.146. The Balaban J connectivity index is 1.78. The number of aliphatic carboxylic acids is 1. The highest BCUT2D eigenvalue weighted by Crippen LogP contribution is 2.21. The van der Waals surface area contributed by atoms with Gasteiger partial charge < -0.3 is 14.9 Å². The number of benzene rings is 1. The number of carboxylic acids is 1. The molecule has 0 aliphatic carbocycles. The van der Waals surface area contributed by atoms with Crippen molar-refractivity contribution in [2.24, 2.45) is 5.92 Å². The normalized spacial score (nSPS) is 15.0. The maximum absolute atomic E-state index is 13.1. The lowest BCUT2D eigenvalue weighted by atomic mass is 9.97. The monoisotopic (exact) mass is 386 g/mol. The summed E-state index contributed by atoms with van der Waals surface area (Å²) in [7, 11) is 1.50. The molecule has 142 valence electrons. The molecular weight excluding hydrogens is 366 g/mol. The minimum Gasteiger partial charge on any atom is -0.481 e. The van der Waals surface area contributed by atoms with Gasteiger partial charge in [-0.2, -0.15) is 0 Å². The second-order valence-electron chi connectivity index (χ2n) is 6.11. The minimum atomic E-state index is -0.976. The number of hydrogen-bond acceptors (Lipinski definition) is 4. The van der Waals surface area contributed by atoms with Crippen LogP contribution in [0.15, 0.2) is 23.1 Å². The van der Waals surface area contributed by atoms with Crippen LogP contribution in [0.5, 0.6) is 0 Å². The Bertz CT molecular complexity index is 693. The first-order valence-electron chi connectivity index (χ1n) is 8.10. The predicted octanol–water partition coefficient (Wildman–Crippen LogP) is 1.84. The van der Waals surface area contributed by atoms with Crippen LogP contribution in [0.3, 0.4) is 0 Å². The van der Waals surface area contributed by atoms with Gasteiger partial charge in [-0.05, 0) is 31.0 Å². The molecule has 6 nitrogen and oxygen atoms in total. The number of hydrogen-bond donors (Lipinski definition) is 1. The molecule has 0 bridgehead atoms. The molecule has 0 radical (unpaired) electrons. The second-order valence-corrected chi connectivity index (χ2v) is 7.16. The van der Waals surface area contributed by atoms with Crippen LogP contribution in [0.1, 0.15) is 12.8 Å². The molecule has 0 aromatic heterocycles. The lowest BCUT2D eigenvalue weighted by Gasteiger charge is -2.31. The average molecular weight is 386 g/mol. The fraction of sp³-hybridized carbons (Fsp3) is 0.471. The van der Waals surface area contributed by atoms with Crippen molar-refractivity contribution in [3.05, 3.63) is 29.8 Å². The molecule has 9 heteroatoms. The Labute approximate surface area is 154 Å². The van der Waals surface area contributed by atoms with Gasteiger partial charge in [-0.1, -0.05) is 0 Å². The summed E-state index contributed by atoms with van der Waals surface area (Å²) in [6.07, 6.45) is 0.815. The van der Waals surface area contributed by atoms with E-state index in [9.17, 15) is 23.2 Å². The summed E-state index contributed by atoms with van der Waals surface area (Å²) in [4.78, 5) is 38.5. The molecule has 1 saturated heterocycles. The summed E-state index contributed by atoms with van der Waals surface area (Å²) >= 11 is 1.06. The van der Waals surface area contributed by atoms with Gasteiger partial charge in [0.1, 0.15) is 0 Å². The molecule has 1 aromatic rings. The highest BCUT2D eigenvalue weighted by molar-refractivity contribution is 8.00. The summed E-state index contributed by atoms with van der Waals surface area (Å²) in [6.45, 7) is 0.623. The van der Waals surface area contributed by atoms with Gasteiger partial charge in [-0.25, -0.2) is 8.78 Å². The maximum Gasteiger partial charge on any atom is 0.306 e. The van der Waals surface area contributed by atoms with Crippen LogP contribution >= 0.6 is 11.8 Å². The van der Waals surface area contributed by atoms with Gasteiger partial charge in [0.25, 0.3) is 0 Å². The minimum absolute atomic E-state index is 0.00403. The van der Waals surface area contributed by atoms with Crippen molar-refractivity contribution in [2.45, 2.75) is 17.7 Å². The van der Waals surface area contributed by atoms with E-state index in [4.69, 9.17) is 5.11 Å². The zero-order valence-electron chi connectivity index (χ0n) is 14.3. The zero-order chi connectivity index (χ0) is 19.3. The largest absolute Gasteiger partial charge is 0.481 e. The number of nitrogens with zero attached hydrogens (tertiary/aromatic N) is 2. The van der Waals surface area contributed by atoms with Crippen molar-refractivity contribution in [3.8, 4) is 0 Å². The molecule has 0 unspecified atom stereocenters. The van der Waals surface area contributed by atoms with Crippen molar-refractivity contribution in [2.75, 3.05) is 32.4 Å². The summed E-state index contributed by atoms with van der Waals surface area (Å²) in [5.74, 6) is -3.75. The van der Waals surface area contributed by atoms with Gasteiger partial charge in [-0.3, -0.25) is 14.4 Å². The van der Waals surface area contributed by atoms with E-state index in [-0.39, 0.29) is 24.1 Å². The van der Waals surface area contributed by atoms with E-state index in [1.807, 2.05) is 0 Å². The Hall–Kier alpha value is -2.16. The molecule has 1 heterocycles. The van der Waals surface area contributed by atoms with Gasteiger partial charge in [0, 0.05) is 25.0 Å². The number of carboxylic acid groups (broad SMARTS) is 1. The van der Waals surface area contributed by atoms with E-state index in [1.165, 1.54) is 18.0 Å². The van der Waals surface area contributed by atoms with E-state index in [0.29, 0.717) is 30.8 Å². The van der Waals surface area contributed by atoms with Crippen molar-refractivity contribution in [3.63, 3.8) is 0 Å². The third kappa shape index (κ3) is 5.42. The van der Waals surface area contributed by atoms with E-state index >= 15 is 0 Å². The Kier molecular flexibility index (Phi) is 6.96. The van der Waals surface area contributed by atoms with Crippen molar-refractivity contribution in [1.29, 1.82) is 0 Å². The second kappa shape index (κ2) is 8.98. The quantitative estimate of drug-likeness (QED) is 0.755. The number of carbonyl (C=O) groups is 3. The summed E-state index contributed by atoms with van der Waals surface area (Å²) in [5.41, 5.74) is 0. The molecule has 1 fully saturated rings. The first-order valence-corrected chi connectivity index (χ1v) is 9.09. The van der Waals surface area contributed by atoms with Crippen molar-refractivity contribution >= 4 is 29.5 Å². The number of halogens is 2. The molecule has 2 amide bonds. The smallest absolute Gasteiger partial charge is 0.306 e. The van der Waals surface area contributed by atoms with Gasteiger partial charge in [-0.15, -0.1) is 11.8 Å². The van der Waals surface area contributed by atoms with E-state index in [2.05, 4.69) is 0 Å². The zero-order valence-corrected chi connectivity index (χ0v) is 15.1. The summed E-state index contributed by atoms with van der Waals surface area (Å²) in [5, 5.41) is 8.96. The third-order valence-corrected chi connectivity index (χ3v) is 5.23. The number of piperidine rings is 1. The summed E-state index contributed by atoms with van der Waals surface area (Å²) in [6, 6.07) is 3.40. The Morgan fingerprint density at radius 2 is 1.88 bits per heavy atom. The van der Waals surface area contributed by atoms with E-state index in [1.54, 1.807) is 4.90 Å². The standard InChI is InChI=1S/C17H20F2N2O4S/c1-20(9-15(22)21-6-4-11(5-7-21)17(24)25)16(23)10-26-12-2-3-13(18)14(19)8-12/h2-3,8,11H,4-7,9-10H2,1H3,(H,24,25). The fourth-order valence-corrected chi connectivity index (χ4v) is 3.45. The topological polar surface area (TPSA) is 77.9 Å². The number of carbonyl (C=O) groups excluding carboxylic acids is 2. The molecule has 2 rings (SSSR count). The van der Waals surface area contributed by atoms with Crippen molar-refractivity contribution in [1.82, 2.24) is 9.80 Å². The van der Waals surface area contributed by atoms with Gasteiger partial charge >= 0.3 is 5.97 Å². The number of amides is 2. The molecule has 1 aromatic carbocycles. The van der Waals surface area contributed by atoms with Crippen LogP contribution in [0.25, 0.3) is 0 Å². The molecule has 0 saturated carbocycles. The van der Waals surface area contributed by atoms with Crippen LogP contribution in [-0.4, -0.2) is 65.1 Å². The SMILES string of the molecule is CN(CC(=O)N1CCC(C(=O)O)CC1)C(=O)CSc1ccc(F)c(F)c1. The van der Waals surface area contributed by atoms with Gasteiger partial charge in [0.05, 0.1) is 18.2 Å². The first kappa shape index (κ1) is 20.2. The lowest BCUT2D eigenvalue weighted by Crippen LogP contribution is -2.45. The molecule has 26 heavy (non-hydrogen) atoms. The number of thioether (sulfide) groups is 1. The third-order valence-electron chi connectivity index (χ3n) is 4.25. The molecule has 0 spiro atoms. The predicted molar refractivity (Wildman–Crippen MR) is 91.7 cm³/mol. The molecule has 0 atom stereocenters. The number of rotatable bonds is 6. The van der Waals surface area contributed by atoms with Crippen LogP contribution in [0, 0.1) is 17.6 Å². The highest BCUT2D eigenvalue weighted by Gasteiger charge is 2.27. The van der Waals surface area contributed by atoms with Crippen LogP contribution in [-0.2, 0) is 14.4 Å². The maximum atomic E-state index is 13.1. The molecule has 1 N–H and O–H groups in total. The average Bonchev–Trinajstić information content (AvgIpc) is 2.62. The van der Waals surface area contributed by atoms with Gasteiger partial charge in [0.2, 0.25) is 11.8 Å². The molecule has 1 aliphatic rings. The van der Waals surface area contributed by atoms with E-state index in [0.717, 1.165) is 23.9 Å². The Morgan fingerprint density at radius 1 is 1.23 bits per heavy atom. The number of likely N-dealkylation sites (tertiary alicyclic amines) is 1. The first-order chi connectivity index (χ1) is 12.3. The molecular formula is C17H20F2N2O4S. The van der Waals surface area contributed by atoms with Crippen LogP contribution in [0.2, 0.25) is 0 Å². The number of likely N-dealkylation sites (N-methyl/N-ethyl adjacent to an activating group) is 1.